The lowest BCUT2D eigenvalue weighted by molar-refractivity contribution is 0.664. The molecule has 1 rings (SSSR count). The number of rotatable bonds is 3. The monoisotopic (exact) mass is 191 g/mol. The van der Waals surface area contributed by atoms with Crippen LogP contribution in [0.3, 0.4) is 0 Å². The van der Waals surface area contributed by atoms with E-state index in [0.717, 1.165) is 12.3 Å². The van der Waals surface area contributed by atoms with Crippen LogP contribution < -0.4 is 0 Å². The molecule has 14 heavy (non-hydrogen) atoms. The Morgan fingerprint density at radius 1 is 1.50 bits per heavy atom. The average Bonchev–Trinajstić information content (AvgIpc) is 2.15. The summed E-state index contributed by atoms with van der Waals surface area (Å²) in [4.78, 5) is 4.09. The van der Waals surface area contributed by atoms with Crippen LogP contribution in [0.2, 0.25) is 0 Å². The Morgan fingerprint density at radius 2 is 2.21 bits per heavy atom. The third kappa shape index (κ3) is 4.22. The lowest BCUT2D eigenvalue weighted by atomic mass is 10.0. The van der Waals surface area contributed by atoms with Gasteiger partial charge in [-0.2, -0.15) is 0 Å². The van der Waals surface area contributed by atoms with Crippen LogP contribution in [0.1, 0.15) is 40.2 Å². The van der Waals surface area contributed by atoms with Crippen LogP contribution in [0.25, 0.3) is 5.57 Å². The Labute approximate surface area is 87.9 Å². The van der Waals surface area contributed by atoms with Gasteiger partial charge in [-0.1, -0.05) is 33.4 Å². The highest BCUT2D eigenvalue weighted by Gasteiger charge is 1.95. The third-order valence-corrected chi connectivity index (χ3v) is 2.01. The standard InChI is InChI=1S/C12H17N.CH4/c1-10(2)6-7-11(3)12-5-4-8-13-9-12;/h4-5,7-10H,6H2,1-3H3;1H4/b11-7-;. The lowest BCUT2D eigenvalue weighted by Crippen LogP contribution is -1.85. The Balaban J connectivity index is 0.00000169. The highest BCUT2D eigenvalue weighted by atomic mass is 14.6. The maximum absolute atomic E-state index is 4.09. The SMILES string of the molecule is C.C/C(=C/CC(C)C)c1cccnc1. The molecule has 0 fully saturated rings. The number of hydrogen-bond acceptors (Lipinski definition) is 1. The minimum absolute atomic E-state index is 0. The first-order chi connectivity index (χ1) is 6.20. The van der Waals surface area contributed by atoms with E-state index in [2.05, 4.69) is 37.9 Å². The average molecular weight is 191 g/mol. The summed E-state index contributed by atoms with van der Waals surface area (Å²) in [5, 5.41) is 0. The van der Waals surface area contributed by atoms with Crippen LogP contribution in [0.15, 0.2) is 30.6 Å². The quantitative estimate of drug-likeness (QED) is 0.699. The van der Waals surface area contributed by atoms with Gasteiger partial charge in [-0.05, 0) is 36.5 Å². The molecule has 0 N–H and O–H groups in total. The first kappa shape index (κ1) is 12.9. The van der Waals surface area contributed by atoms with E-state index in [1.165, 1.54) is 11.1 Å². The molecule has 0 bridgehead atoms. The maximum Gasteiger partial charge on any atom is 0.0342 e. The second-order valence-corrected chi connectivity index (χ2v) is 3.76. The normalized spacial score (nSPS) is 11.3. The van der Waals surface area contributed by atoms with Gasteiger partial charge in [0.15, 0.2) is 0 Å². The van der Waals surface area contributed by atoms with Gasteiger partial charge in [0.25, 0.3) is 0 Å². The molecule has 0 atom stereocenters. The predicted octanol–water partition coefficient (Wildman–Crippen LogP) is 4.17. The van der Waals surface area contributed by atoms with Crippen LogP contribution in [0, 0.1) is 5.92 Å². The lowest BCUT2D eigenvalue weighted by Gasteiger charge is -2.02. The van der Waals surface area contributed by atoms with Crippen molar-refractivity contribution in [3.05, 3.63) is 36.2 Å². The van der Waals surface area contributed by atoms with Crippen molar-refractivity contribution in [1.82, 2.24) is 4.98 Å². The number of allylic oxidation sites excluding steroid dienone is 2. The largest absolute Gasteiger partial charge is 0.264 e. The van der Waals surface area contributed by atoms with Gasteiger partial charge in [-0.3, -0.25) is 4.98 Å². The first-order valence-corrected chi connectivity index (χ1v) is 4.77. The number of pyridine rings is 1. The van der Waals surface area contributed by atoms with E-state index in [1.54, 1.807) is 6.20 Å². The van der Waals surface area contributed by atoms with Crippen molar-refractivity contribution < 1.29 is 0 Å². The molecule has 0 saturated carbocycles. The van der Waals surface area contributed by atoms with Crippen molar-refractivity contribution in [2.75, 3.05) is 0 Å². The molecule has 0 aromatic carbocycles. The summed E-state index contributed by atoms with van der Waals surface area (Å²) in [5.74, 6) is 0.728. The van der Waals surface area contributed by atoms with Gasteiger partial charge in [-0.15, -0.1) is 0 Å². The molecule has 0 spiro atoms. The summed E-state index contributed by atoms with van der Waals surface area (Å²) >= 11 is 0. The predicted molar refractivity (Wildman–Crippen MR) is 64.1 cm³/mol. The molecule has 0 saturated heterocycles. The third-order valence-electron chi connectivity index (χ3n) is 2.01. The molecule has 0 unspecified atom stereocenters. The summed E-state index contributed by atoms with van der Waals surface area (Å²) in [6.45, 7) is 6.60. The van der Waals surface area contributed by atoms with E-state index < -0.39 is 0 Å². The van der Waals surface area contributed by atoms with E-state index in [1.807, 2.05) is 12.3 Å². The van der Waals surface area contributed by atoms with Crippen molar-refractivity contribution in [2.45, 2.75) is 34.6 Å². The second kappa shape index (κ2) is 6.36. The van der Waals surface area contributed by atoms with Crippen molar-refractivity contribution in [1.29, 1.82) is 0 Å². The summed E-state index contributed by atoms with van der Waals surface area (Å²) in [6, 6.07) is 4.07. The zero-order valence-corrected chi connectivity index (χ0v) is 8.62. The molecule has 0 aliphatic heterocycles. The van der Waals surface area contributed by atoms with Crippen molar-refractivity contribution >= 4 is 5.57 Å². The Morgan fingerprint density at radius 3 is 2.71 bits per heavy atom. The van der Waals surface area contributed by atoms with E-state index in [-0.39, 0.29) is 7.43 Å². The molecule has 0 amide bonds. The van der Waals surface area contributed by atoms with Crippen LogP contribution in [-0.2, 0) is 0 Å². The van der Waals surface area contributed by atoms with Crippen LogP contribution in [-0.4, -0.2) is 4.98 Å². The summed E-state index contributed by atoms with van der Waals surface area (Å²) in [5.41, 5.74) is 2.55. The van der Waals surface area contributed by atoms with Gasteiger partial charge in [0.05, 0.1) is 0 Å². The summed E-state index contributed by atoms with van der Waals surface area (Å²) < 4.78 is 0. The minimum atomic E-state index is 0. The van der Waals surface area contributed by atoms with Crippen molar-refractivity contribution in [3.63, 3.8) is 0 Å². The van der Waals surface area contributed by atoms with E-state index in [9.17, 15) is 0 Å². The molecule has 0 radical (unpaired) electrons. The molecule has 0 aliphatic carbocycles. The zero-order chi connectivity index (χ0) is 9.68. The molecular formula is C13H21N. The smallest absolute Gasteiger partial charge is 0.0342 e. The van der Waals surface area contributed by atoms with Gasteiger partial charge in [0.1, 0.15) is 0 Å². The van der Waals surface area contributed by atoms with Gasteiger partial charge < -0.3 is 0 Å². The highest BCUT2D eigenvalue weighted by molar-refractivity contribution is 5.62. The molecule has 1 aromatic heterocycles. The van der Waals surface area contributed by atoms with Gasteiger partial charge in [0, 0.05) is 12.4 Å². The van der Waals surface area contributed by atoms with Gasteiger partial charge in [-0.25, -0.2) is 0 Å². The van der Waals surface area contributed by atoms with E-state index in [0.29, 0.717) is 0 Å². The van der Waals surface area contributed by atoms with Crippen molar-refractivity contribution in [3.8, 4) is 0 Å². The molecular weight excluding hydrogens is 170 g/mol. The molecule has 1 nitrogen and oxygen atoms in total. The maximum atomic E-state index is 4.09. The Hall–Kier alpha value is -1.11. The van der Waals surface area contributed by atoms with Crippen LogP contribution >= 0.6 is 0 Å². The second-order valence-electron chi connectivity index (χ2n) is 3.76. The fourth-order valence-electron chi connectivity index (χ4n) is 1.13. The first-order valence-electron chi connectivity index (χ1n) is 4.77. The minimum Gasteiger partial charge on any atom is -0.264 e. The molecule has 78 valence electrons. The Kier molecular flexibility index (Phi) is 5.86. The van der Waals surface area contributed by atoms with Crippen molar-refractivity contribution in [2.24, 2.45) is 5.92 Å². The fourth-order valence-corrected chi connectivity index (χ4v) is 1.13. The fraction of sp³-hybridized carbons (Fsp3) is 0.462. The van der Waals surface area contributed by atoms with E-state index in [4.69, 9.17) is 0 Å². The molecule has 1 aromatic rings. The van der Waals surface area contributed by atoms with Gasteiger partial charge >= 0.3 is 0 Å². The molecule has 0 aliphatic rings. The number of hydrogen-bond donors (Lipinski definition) is 0. The Bertz CT molecular complexity index is 273. The number of nitrogens with zero attached hydrogens (tertiary/aromatic N) is 1. The van der Waals surface area contributed by atoms with Gasteiger partial charge in [0.2, 0.25) is 0 Å². The number of aromatic nitrogens is 1. The summed E-state index contributed by atoms with van der Waals surface area (Å²) in [7, 11) is 0. The van der Waals surface area contributed by atoms with Crippen LogP contribution in [0.4, 0.5) is 0 Å². The summed E-state index contributed by atoms with van der Waals surface area (Å²) in [6.07, 6.45) is 7.13. The zero-order valence-electron chi connectivity index (χ0n) is 8.62. The molecule has 1 heterocycles. The van der Waals surface area contributed by atoms with Crippen LogP contribution in [0.5, 0.6) is 0 Å². The molecule has 1 heteroatoms. The van der Waals surface area contributed by atoms with E-state index >= 15 is 0 Å². The topological polar surface area (TPSA) is 12.9 Å². The highest BCUT2D eigenvalue weighted by Crippen LogP contribution is 2.14.